The quantitative estimate of drug-likeness (QED) is 0.168. The van der Waals surface area contributed by atoms with Gasteiger partial charge in [-0.3, -0.25) is 9.59 Å². The summed E-state index contributed by atoms with van der Waals surface area (Å²) in [6, 6.07) is 4.15. The number of benzene rings is 1. The highest BCUT2D eigenvalue weighted by Crippen LogP contribution is 2.46. The second-order valence-corrected chi connectivity index (χ2v) is 14.6. The molecule has 0 aromatic heterocycles. The number of hydrogen-bond donors (Lipinski definition) is 1. The Balaban J connectivity index is 3.30. The fourth-order valence-electron chi connectivity index (χ4n) is 2.98. The normalized spacial score (nSPS) is 13.0. The van der Waals surface area contributed by atoms with Crippen molar-refractivity contribution in [3.8, 4) is 5.75 Å². The van der Waals surface area contributed by atoms with E-state index >= 15 is 0 Å². The van der Waals surface area contributed by atoms with Crippen LogP contribution < -0.4 is 10.5 Å². The molecule has 1 aromatic rings. The van der Waals surface area contributed by atoms with Gasteiger partial charge in [-0.05, 0) is 25.1 Å². The average molecular weight is 480 g/mol. The molecule has 0 bridgehead atoms. The number of esters is 2. The van der Waals surface area contributed by atoms with Gasteiger partial charge in [0, 0.05) is 32.7 Å². The lowest BCUT2D eigenvalue weighted by atomic mass is 9.72. The maximum Gasteiger partial charge on any atom is 0.323 e. The van der Waals surface area contributed by atoms with Crippen molar-refractivity contribution in [2.24, 2.45) is 11.1 Å². The van der Waals surface area contributed by atoms with Crippen molar-refractivity contribution < 1.29 is 28.5 Å². The molecular formula is C20H31Cl2NO6Si. The zero-order chi connectivity index (χ0) is 23.1. The van der Waals surface area contributed by atoms with Crippen LogP contribution in [0.1, 0.15) is 18.4 Å². The van der Waals surface area contributed by atoms with Crippen LogP contribution in [0.2, 0.25) is 35.7 Å². The van der Waals surface area contributed by atoms with Crippen molar-refractivity contribution in [1.82, 2.24) is 0 Å². The van der Waals surface area contributed by atoms with Crippen LogP contribution in [0.5, 0.6) is 5.75 Å². The summed E-state index contributed by atoms with van der Waals surface area (Å²) >= 11 is 12.7. The smallest absolute Gasteiger partial charge is 0.323 e. The topological polar surface area (TPSA) is 97.1 Å². The van der Waals surface area contributed by atoms with Crippen molar-refractivity contribution in [1.29, 1.82) is 0 Å². The number of ether oxygens (including phenoxy) is 4. The van der Waals surface area contributed by atoms with Gasteiger partial charge in [0.1, 0.15) is 5.75 Å². The number of halogens is 2. The second-order valence-electron chi connectivity index (χ2n) is 8.23. The summed E-state index contributed by atoms with van der Waals surface area (Å²) in [5.74, 6) is -2.22. The molecule has 1 aromatic carbocycles. The number of hydrogen-bond acceptors (Lipinski definition) is 7. The molecule has 7 nitrogen and oxygen atoms in total. The number of carbonyl (C=O) groups is 2. The van der Waals surface area contributed by atoms with Crippen LogP contribution in [0, 0.1) is 5.41 Å². The molecular weight excluding hydrogens is 449 g/mol. The molecule has 0 aliphatic heterocycles. The highest BCUT2D eigenvalue weighted by Gasteiger charge is 2.52. The first-order valence-electron chi connectivity index (χ1n) is 9.49. The van der Waals surface area contributed by atoms with Gasteiger partial charge in [-0.15, -0.1) is 0 Å². The van der Waals surface area contributed by atoms with E-state index in [0.29, 0.717) is 17.9 Å². The van der Waals surface area contributed by atoms with E-state index < -0.39 is 31.3 Å². The van der Waals surface area contributed by atoms with Gasteiger partial charge in [-0.1, -0.05) is 42.8 Å². The van der Waals surface area contributed by atoms with Crippen molar-refractivity contribution in [3.63, 3.8) is 0 Å². The summed E-state index contributed by atoms with van der Waals surface area (Å²) < 4.78 is 21.1. The van der Waals surface area contributed by atoms with Gasteiger partial charge >= 0.3 is 11.9 Å². The summed E-state index contributed by atoms with van der Waals surface area (Å²) in [5, 5.41) is 0.361. The molecule has 2 N–H and O–H groups in total. The zero-order valence-electron chi connectivity index (χ0n) is 18.3. The zero-order valence-corrected chi connectivity index (χ0v) is 20.9. The summed E-state index contributed by atoms with van der Waals surface area (Å²) in [6.45, 7) is 8.57. The Morgan fingerprint density at radius 2 is 1.70 bits per heavy atom. The van der Waals surface area contributed by atoms with Crippen molar-refractivity contribution in [2.45, 2.75) is 38.5 Å². The van der Waals surface area contributed by atoms with Crippen LogP contribution in [0.4, 0.5) is 0 Å². The molecule has 0 spiro atoms. The van der Waals surface area contributed by atoms with Gasteiger partial charge in [0.2, 0.25) is 0 Å². The van der Waals surface area contributed by atoms with Crippen LogP contribution in [0.3, 0.4) is 0 Å². The van der Waals surface area contributed by atoms with E-state index in [1.54, 1.807) is 12.1 Å². The van der Waals surface area contributed by atoms with Crippen molar-refractivity contribution in [3.05, 3.63) is 27.7 Å². The number of rotatable bonds is 11. The third kappa shape index (κ3) is 6.34. The minimum absolute atomic E-state index is 0.0279. The van der Waals surface area contributed by atoms with Gasteiger partial charge < -0.3 is 24.7 Å². The monoisotopic (exact) mass is 479 g/mol. The maximum atomic E-state index is 12.6. The molecule has 0 amide bonds. The minimum Gasteiger partial charge on any atom is -0.468 e. The average Bonchev–Trinajstić information content (AvgIpc) is 2.69. The molecule has 0 fully saturated rings. The molecule has 0 radical (unpaired) electrons. The van der Waals surface area contributed by atoms with E-state index in [4.69, 9.17) is 47.9 Å². The van der Waals surface area contributed by atoms with Crippen LogP contribution in [0.25, 0.3) is 0 Å². The lowest BCUT2D eigenvalue weighted by molar-refractivity contribution is -0.169. The lowest BCUT2D eigenvalue weighted by Crippen LogP contribution is -2.46. The second kappa shape index (κ2) is 11.3. The van der Waals surface area contributed by atoms with E-state index in [-0.39, 0.29) is 23.4 Å². The van der Waals surface area contributed by atoms with E-state index in [2.05, 4.69) is 19.6 Å². The fraction of sp³-hybridized carbons (Fsp3) is 0.600. The molecule has 1 atom stereocenters. The predicted molar refractivity (Wildman–Crippen MR) is 120 cm³/mol. The van der Waals surface area contributed by atoms with Gasteiger partial charge in [0.25, 0.3) is 0 Å². The Morgan fingerprint density at radius 3 is 2.17 bits per heavy atom. The predicted octanol–water partition coefficient (Wildman–Crippen LogP) is 4.08. The van der Waals surface area contributed by atoms with Crippen LogP contribution in [-0.4, -0.2) is 54.2 Å². The Morgan fingerprint density at radius 1 is 1.13 bits per heavy atom. The lowest BCUT2D eigenvalue weighted by Gasteiger charge is -2.33. The third-order valence-corrected chi connectivity index (χ3v) is 7.41. The van der Waals surface area contributed by atoms with E-state index in [0.717, 1.165) is 6.04 Å². The molecule has 170 valence electrons. The van der Waals surface area contributed by atoms with Gasteiger partial charge in [-0.2, -0.15) is 0 Å². The molecule has 1 rings (SSSR count). The third-order valence-electron chi connectivity index (χ3n) is 4.89. The van der Waals surface area contributed by atoms with E-state index in [9.17, 15) is 9.59 Å². The Labute approximate surface area is 189 Å². The molecule has 30 heavy (non-hydrogen) atoms. The Hall–Kier alpha value is -1.32. The highest BCUT2D eigenvalue weighted by molar-refractivity contribution is 6.76. The number of carbonyl (C=O) groups excluding carboxylic acids is 2. The largest absolute Gasteiger partial charge is 0.468 e. The van der Waals surface area contributed by atoms with Crippen LogP contribution in [-0.2, 0) is 23.8 Å². The first kappa shape index (κ1) is 26.7. The SMILES string of the molecule is COC(=O)C(C)(C(=O)OC)C(CN)c1c(OCOCC[Si](C)(C)C)ccc(Cl)c1Cl. The highest BCUT2D eigenvalue weighted by atomic mass is 35.5. The first-order valence-corrected chi connectivity index (χ1v) is 14.0. The molecule has 0 aliphatic carbocycles. The molecule has 10 heteroatoms. The van der Waals surface area contributed by atoms with E-state index in [1.807, 2.05) is 0 Å². The summed E-state index contributed by atoms with van der Waals surface area (Å²) in [6.07, 6.45) is 0. The summed E-state index contributed by atoms with van der Waals surface area (Å²) in [4.78, 5) is 25.2. The van der Waals surface area contributed by atoms with Crippen molar-refractivity contribution >= 4 is 43.2 Å². The first-order chi connectivity index (χ1) is 13.9. The van der Waals surface area contributed by atoms with Crippen molar-refractivity contribution in [2.75, 3.05) is 34.2 Å². The molecule has 1 unspecified atom stereocenters. The number of methoxy groups -OCH3 is 2. The van der Waals surface area contributed by atoms with Gasteiger partial charge in [0.05, 0.1) is 24.3 Å². The Kier molecular flexibility index (Phi) is 10.1. The van der Waals surface area contributed by atoms with Gasteiger partial charge in [-0.25, -0.2) is 0 Å². The number of nitrogens with two attached hydrogens (primary N) is 1. The molecule has 0 aliphatic rings. The van der Waals surface area contributed by atoms with Gasteiger partial charge in [0.15, 0.2) is 12.2 Å². The minimum atomic E-state index is -1.76. The maximum absolute atomic E-state index is 12.6. The standard InChI is InChI=1S/C20H31Cl2NO6Si/c1-20(18(24)26-2,19(25)27-3)13(11-23)16-15(8-7-14(21)17(16)22)29-12-28-9-10-30(4,5)6/h7-8,13H,9-12,23H2,1-6H3. The molecule has 0 saturated heterocycles. The Bertz CT molecular complexity index is 738. The summed E-state index contributed by atoms with van der Waals surface area (Å²) in [7, 11) is 1.13. The fourth-order valence-corrected chi connectivity index (χ4v) is 4.19. The summed E-state index contributed by atoms with van der Waals surface area (Å²) in [5.41, 5.74) is 4.55. The van der Waals surface area contributed by atoms with Crippen LogP contribution >= 0.6 is 23.2 Å². The molecule has 0 saturated carbocycles. The van der Waals surface area contributed by atoms with Crippen LogP contribution in [0.15, 0.2) is 12.1 Å². The molecule has 0 heterocycles. The van der Waals surface area contributed by atoms with E-state index in [1.165, 1.54) is 21.1 Å².